The summed E-state index contributed by atoms with van der Waals surface area (Å²) in [6.07, 6.45) is 3.39. The van der Waals surface area contributed by atoms with Crippen molar-refractivity contribution in [1.82, 2.24) is 4.90 Å². The summed E-state index contributed by atoms with van der Waals surface area (Å²) >= 11 is 11.7. The highest BCUT2D eigenvalue weighted by Gasteiger charge is 2.22. The summed E-state index contributed by atoms with van der Waals surface area (Å²) < 4.78 is 0. The van der Waals surface area contributed by atoms with Crippen LogP contribution in [-0.2, 0) is 4.79 Å². The first kappa shape index (κ1) is 13.4. The van der Waals surface area contributed by atoms with Crippen LogP contribution in [0, 0.1) is 0 Å². The molecule has 1 heterocycles. The Bertz CT molecular complexity index is 468. The summed E-state index contributed by atoms with van der Waals surface area (Å²) in [6.45, 7) is 1.00. The van der Waals surface area contributed by atoms with Crippen LogP contribution >= 0.6 is 23.2 Å². The molecule has 3 nitrogen and oxygen atoms in total. The number of β-amino-alcohol motifs (C(OH)–C–C–N with tert-alkyl or cyclic N) is 1. The van der Waals surface area contributed by atoms with Crippen molar-refractivity contribution in [2.24, 2.45) is 0 Å². The maximum atomic E-state index is 11.8. The largest absolute Gasteiger partial charge is 0.391 e. The van der Waals surface area contributed by atoms with Gasteiger partial charge in [-0.2, -0.15) is 0 Å². The Morgan fingerprint density at radius 1 is 1.33 bits per heavy atom. The number of carbonyl (C=O) groups excluding carboxylic acids is 1. The molecular weight excluding hydrogens is 273 g/mol. The summed E-state index contributed by atoms with van der Waals surface area (Å²) in [5, 5.41) is 10.4. The van der Waals surface area contributed by atoms with E-state index in [4.69, 9.17) is 23.2 Å². The first-order valence-electron chi connectivity index (χ1n) is 5.66. The molecule has 1 atom stereocenters. The van der Waals surface area contributed by atoms with E-state index >= 15 is 0 Å². The van der Waals surface area contributed by atoms with Crippen LogP contribution in [0.3, 0.4) is 0 Å². The van der Waals surface area contributed by atoms with E-state index in [2.05, 4.69) is 0 Å². The third kappa shape index (κ3) is 3.48. The number of likely N-dealkylation sites (tertiary alicyclic amines) is 1. The van der Waals surface area contributed by atoms with Crippen molar-refractivity contribution >= 4 is 35.2 Å². The van der Waals surface area contributed by atoms with Crippen LogP contribution in [0.25, 0.3) is 6.08 Å². The van der Waals surface area contributed by atoms with Crippen molar-refractivity contribution < 1.29 is 9.90 Å². The molecule has 0 aromatic heterocycles. The van der Waals surface area contributed by atoms with Gasteiger partial charge in [-0.15, -0.1) is 0 Å². The molecule has 1 aromatic carbocycles. The minimum Gasteiger partial charge on any atom is -0.391 e. The number of halogens is 2. The molecule has 96 valence electrons. The molecule has 1 aliphatic heterocycles. The van der Waals surface area contributed by atoms with Crippen LogP contribution in [0.15, 0.2) is 24.3 Å². The van der Waals surface area contributed by atoms with Gasteiger partial charge in [-0.25, -0.2) is 0 Å². The minimum atomic E-state index is -0.400. The molecule has 1 amide bonds. The zero-order valence-electron chi connectivity index (χ0n) is 9.64. The van der Waals surface area contributed by atoms with Gasteiger partial charge in [0, 0.05) is 29.2 Å². The molecule has 1 fully saturated rings. The molecule has 1 aliphatic rings. The van der Waals surface area contributed by atoms with Crippen molar-refractivity contribution in [3.8, 4) is 0 Å². The second kappa shape index (κ2) is 5.74. The first-order valence-corrected chi connectivity index (χ1v) is 6.41. The molecule has 18 heavy (non-hydrogen) atoms. The number of hydrogen-bond acceptors (Lipinski definition) is 2. The maximum absolute atomic E-state index is 11.8. The van der Waals surface area contributed by atoms with Crippen molar-refractivity contribution in [3.05, 3.63) is 39.9 Å². The zero-order chi connectivity index (χ0) is 13.1. The van der Waals surface area contributed by atoms with Crippen LogP contribution in [0.1, 0.15) is 12.0 Å². The number of rotatable bonds is 2. The molecular formula is C13H13Cl2NO2. The first-order chi connectivity index (χ1) is 8.54. The number of aliphatic hydroxyl groups is 1. The number of hydrogen-bond donors (Lipinski definition) is 1. The second-order valence-corrected chi connectivity index (χ2v) is 5.14. The highest BCUT2D eigenvalue weighted by atomic mass is 35.5. The van der Waals surface area contributed by atoms with Gasteiger partial charge < -0.3 is 10.0 Å². The van der Waals surface area contributed by atoms with Gasteiger partial charge in [-0.05, 0) is 36.3 Å². The second-order valence-electron chi connectivity index (χ2n) is 4.26. The van der Waals surface area contributed by atoms with Crippen LogP contribution in [0.5, 0.6) is 0 Å². The summed E-state index contributed by atoms with van der Waals surface area (Å²) in [5.74, 6) is -0.109. The molecule has 1 saturated heterocycles. The predicted octanol–water partition coefficient (Wildman–Crippen LogP) is 2.60. The molecule has 5 heteroatoms. The molecule has 2 rings (SSSR count). The molecule has 0 spiro atoms. The Balaban J connectivity index is 2.04. The summed E-state index contributed by atoms with van der Waals surface area (Å²) in [5.41, 5.74) is 0.778. The van der Waals surface area contributed by atoms with E-state index in [1.165, 1.54) is 6.08 Å². The Morgan fingerprint density at radius 3 is 2.56 bits per heavy atom. The van der Waals surface area contributed by atoms with E-state index < -0.39 is 6.10 Å². The van der Waals surface area contributed by atoms with Gasteiger partial charge in [-0.1, -0.05) is 23.2 Å². The highest BCUT2D eigenvalue weighted by Crippen LogP contribution is 2.20. The van der Waals surface area contributed by atoms with Crippen LogP contribution in [0.4, 0.5) is 0 Å². The van der Waals surface area contributed by atoms with Gasteiger partial charge in [-0.3, -0.25) is 4.79 Å². The van der Waals surface area contributed by atoms with E-state index in [1.54, 1.807) is 29.2 Å². The third-order valence-electron chi connectivity index (χ3n) is 2.78. The van der Waals surface area contributed by atoms with Crippen molar-refractivity contribution in [1.29, 1.82) is 0 Å². The van der Waals surface area contributed by atoms with Gasteiger partial charge in [0.15, 0.2) is 0 Å². The fourth-order valence-electron chi connectivity index (χ4n) is 1.89. The zero-order valence-corrected chi connectivity index (χ0v) is 11.2. The molecule has 0 saturated carbocycles. The lowest BCUT2D eigenvalue weighted by atomic mass is 10.2. The summed E-state index contributed by atoms with van der Waals surface area (Å²) in [6, 6.07) is 5.10. The number of carbonyl (C=O) groups is 1. The lowest BCUT2D eigenvalue weighted by Gasteiger charge is -2.12. The Morgan fingerprint density at radius 2 is 2.00 bits per heavy atom. The molecule has 0 bridgehead atoms. The monoisotopic (exact) mass is 285 g/mol. The molecule has 0 radical (unpaired) electrons. The van der Waals surface area contributed by atoms with E-state index in [1.807, 2.05) is 0 Å². The Hall–Kier alpha value is -1.03. The quantitative estimate of drug-likeness (QED) is 0.849. The fraction of sp³-hybridized carbons (Fsp3) is 0.308. The van der Waals surface area contributed by atoms with Crippen molar-refractivity contribution in [2.45, 2.75) is 12.5 Å². The average Bonchev–Trinajstić information content (AvgIpc) is 2.71. The highest BCUT2D eigenvalue weighted by molar-refractivity contribution is 6.34. The van der Waals surface area contributed by atoms with Gasteiger partial charge in [0.05, 0.1) is 6.10 Å². The topological polar surface area (TPSA) is 40.5 Å². The lowest BCUT2D eigenvalue weighted by Crippen LogP contribution is -2.27. The standard InChI is InChI=1S/C13H13Cl2NO2/c14-10-5-9(6-11(15)7-10)1-2-13(18)16-4-3-12(17)8-16/h1-2,5-7,12,17H,3-4,8H2/t12-/m1/s1. The van der Waals surface area contributed by atoms with Crippen molar-refractivity contribution in [3.63, 3.8) is 0 Å². The van der Waals surface area contributed by atoms with E-state index in [0.29, 0.717) is 29.6 Å². The molecule has 1 aromatic rings. The Kier molecular flexibility index (Phi) is 4.27. The molecule has 0 aliphatic carbocycles. The van der Waals surface area contributed by atoms with Crippen LogP contribution < -0.4 is 0 Å². The maximum Gasteiger partial charge on any atom is 0.246 e. The normalized spacial score (nSPS) is 19.7. The number of aliphatic hydroxyl groups excluding tert-OH is 1. The van der Waals surface area contributed by atoms with E-state index in [9.17, 15) is 9.90 Å². The van der Waals surface area contributed by atoms with Crippen LogP contribution in [0.2, 0.25) is 10.0 Å². The fourth-order valence-corrected chi connectivity index (χ4v) is 2.43. The van der Waals surface area contributed by atoms with E-state index in [-0.39, 0.29) is 5.91 Å². The van der Waals surface area contributed by atoms with Gasteiger partial charge in [0.25, 0.3) is 0 Å². The molecule has 0 unspecified atom stereocenters. The Labute approximate surface area is 116 Å². The minimum absolute atomic E-state index is 0.109. The predicted molar refractivity (Wildman–Crippen MR) is 72.7 cm³/mol. The number of nitrogens with zero attached hydrogens (tertiary/aromatic N) is 1. The summed E-state index contributed by atoms with van der Waals surface area (Å²) in [7, 11) is 0. The van der Waals surface area contributed by atoms with Crippen molar-refractivity contribution in [2.75, 3.05) is 13.1 Å². The van der Waals surface area contributed by atoms with Gasteiger partial charge in [0.2, 0.25) is 5.91 Å². The molecule has 1 N–H and O–H groups in total. The van der Waals surface area contributed by atoms with Gasteiger partial charge >= 0.3 is 0 Å². The summed E-state index contributed by atoms with van der Waals surface area (Å²) in [4.78, 5) is 13.4. The lowest BCUT2D eigenvalue weighted by molar-refractivity contribution is -0.125. The average molecular weight is 286 g/mol. The van der Waals surface area contributed by atoms with Gasteiger partial charge in [0.1, 0.15) is 0 Å². The SMILES string of the molecule is O=C(C=Cc1cc(Cl)cc(Cl)c1)N1CC[C@@H](O)C1. The van der Waals surface area contributed by atoms with E-state index in [0.717, 1.165) is 5.56 Å². The van der Waals surface area contributed by atoms with Crippen LogP contribution in [-0.4, -0.2) is 35.1 Å². The smallest absolute Gasteiger partial charge is 0.246 e. The third-order valence-corrected chi connectivity index (χ3v) is 3.21. The number of benzene rings is 1. The number of amides is 1.